The van der Waals surface area contributed by atoms with Crippen LogP contribution in [-0.4, -0.2) is 21.2 Å². The molecule has 5 nitrogen and oxygen atoms in total. The molecule has 0 unspecified atom stereocenters. The largest absolute Gasteiger partial charge is 0.416 e. The van der Waals surface area contributed by atoms with Crippen molar-refractivity contribution in [2.45, 2.75) is 30.6 Å². The molecule has 0 aliphatic heterocycles. The maximum absolute atomic E-state index is 13.6. The highest BCUT2D eigenvalue weighted by Crippen LogP contribution is 2.36. The summed E-state index contributed by atoms with van der Waals surface area (Å²) in [6.45, 7) is 0. The zero-order chi connectivity index (χ0) is 24.7. The number of nitrogens with zero attached hydrogens (tertiary/aromatic N) is 2. The lowest BCUT2D eigenvalue weighted by atomic mass is 10.2. The lowest BCUT2D eigenvalue weighted by molar-refractivity contribution is -0.137. The van der Waals surface area contributed by atoms with Crippen LogP contribution in [0.25, 0.3) is 15.9 Å². The average Bonchev–Trinajstić information content (AvgIpc) is 3.39. The molecule has 4 aromatic rings. The van der Waals surface area contributed by atoms with Gasteiger partial charge in [-0.25, -0.2) is 4.98 Å². The molecule has 1 N–H and O–H groups in total. The number of thiophene rings is 1. The summed E-state index contributed by atoms with van der Waals surface area (Å²) >= 11 is 8.56. The summed E-state index contributed by atoms with van der Waals surface area (Å²) in [7, 11) is 0. The van der Waals surface area contributed by atoms with Gasteiger partial charge in [0.05, 0.1) is 22.4 Å². The van der Waals surface area contributed by atoms with Gasteiger partial charge in [-0.15, -0.1) is 11.3 Å². The van der Waals surface area contributed by atoms with Gasteiger partial charge >= 0.3 is 6.18 Å². The first-order valence-corrected chi connectivity index (χ1v) is 12.8. The molecule has 0 spiro atoms. The van der Waals surface area contributed by atoms with Crippen molar-refractivity contribution in [2.24, 2.45) is 0 Å². The van der Waals surface area contributed by atoms with Gasteiger partial charge in [-0.1, -0.05) is 29.4 Å². The Bertz CT molecular complexity index is 1500. The molecule has 0 fully saturated rings. The zero-order valence-corrected chi connectivity index (χ0v) is 20.4. The molecule has 1 aliphatic rings. The molecule has 0 radical (unpaired) electrons. The monoisotopic (exact) mass is 535 g/mol. The molecule has 1 aliphatic carbocycles. The van der Waals surface area contributed by atoms with Crippen molar-refractivity contribution in [3.05, 3.63) is 79.9 Å². The highest BCUT2D eigenvalue weighted by Gasteiger charge is 2.30. The Morgan fingerprint density at radius 1 is 1.17 bits per heavy atom. The maximum Gasteiger partial charge on any atom is 0.416 e. The molecule has 11 heteroatoms. The minimum Gasteiger partial charge on any atom is -0.325 e. The fourth-order valence-corrected chi connectivity index (χ4v) is 6.28. The maximum atomic E-state index is 13.6. The number of amides is 1. The van der Waals surface area contributed by atoms with E-state index in [1.54, 1.807) is 24.3 Å². The Morgan fingerprint density at radius 2 is 1.94 bits per heavy atom. The number of thioether (sulfide) groups is 1. The minimum absolute atomic E-state index is 0.0404. The number of alkyl halides is 3. The number of aromatic nitrogens is 2. The number of halogens is 4. The number of carbonyl (C=O) groups is 1. The molecular weight excluding hydrogens is 519 g/mol. The van der Waals surface area contributed by atoms with Crippen molar-refractivity contribution in [1.29, 1.82) is 0 Å². The van der Waals surface area contributed by atoms with E-state index < -0.39 is 17.6 Å². The molecule has 180 valence electrons. The van der Waals surface area contributed by atoms with E-state index in [-0.39, 0.29) is 17.0 Å². The van der Waals surface area contributed by atoms with E-state index >= 15 is 0 Å². The third-order valence-corrected chi connectivity index (χ3v) is 7.98. The second-order valence-electron chi connectivity index (χ2n) is 7.96. The minimum atomic E-state index is -4.51. The molecule has 1 amide bonds. The van der Waals surface area contributed by atoms with Crippen molar-refractivity contribution >= 4 is 56.5 Å². The average molecular weight is 536 g/mol. The van der Waals surface area contributed by atoms with Crippen molar-refractivity contribution < 1.29 is 18.0 Å². The Kier molecular flexibility index (Phi) is 6.37. The molecule has 2 aromatic heterocycles. The Morgan fingerprint density at radius 3 is 2.69 bits per heavy atom. The quantitative estimate of drug-likeness (QED) is 0.239. The lowest BCUT2D eigenvalue weighted by Crippen LogP contribution is -2.23. The Labute approximate surface area is 210 Å². The number of carbonyl (C=O) groups excluding carboxylic acids is 1. The van der Waals surface area contributed by atoms with Gasteiger partial charge in [0.1, 0.15) is 4.83 Å². The van der Waals surface area contributed by atoms with Crippen LogP contribution >= 0.6 is 34.7 Å². The summed E-state index contributed by atoms with van der Waals surface area (Å²) < 4.78 is 40.4. The van der Waals surface area contributed by atoms with Gasteiger partial charge in [0, 0.05) is 15.6 Å². The van der Waals surface area contributed by atoms with Crippen LogP contribution in [0.2, 0.25) is 5.02 Å². The van der Waals surface area contributed by atoms with Crippen LogP contribution in [-0.2, 0) is 23.8 Å². The van der Waals surface area contributed by atoms with Crippen molar-refractivity contribution in [1.82, 2.24) is 9.55 Å². The smallest absolute Gasteiger partial charge is 0.325 e. The molecule has 0 atom stereocenters. The van der Waals surface area contributed by atoms with Gasteiger partial charge in [0.2, 0.25) is 5.91 Å². The van der Waals surface area contributed by atoms with Crippen LogP contribution in [0.5, 0.6) is 0 Å². The molecule has 0 bridgehead atoms. The van der Waals surface area contributed by atoms with Crippen LogP contribution < -0.4 is 10.9 Å². The number of benzene rings is 2. The molecule has 5 rings (SSSR count). The van der Waals surface area contributed by atoms with E-state index in [1.165, 1.54) is 28.0 Å². The number of nitrogens with one attached hydrogen (secondary N) is 1. The summed E-state index contributed by atoms with van der Waals surface area (Å²) in [4.78, 5) is 32.7. The van der Waals surface area contributed by atoms with Gasteiger partial charge in [-0.05, 0) is 67.3 Å². The second-order valence-corrected chi connectivity index (χ2v) is 10.4. The van der Waals surface area contributed by atoms with Crippen molar-refractivity contribution in [2.75, 3.05) is 11.1 Å². The third-order valence-electron chi connectivity index (χ3n) is 5.60. The number of hydrogen-bond acceptors (Lipinski definition) is 5. The standard InChI is InChI=1S/C24H17ClF3N3O2S2/c25-14-7-9-16(10-8-14)31-22(33)20-17-5-2-6-18(17)35-21(20)30-23(31)34-12-19(32)29-15-4-1-3-13(11-15)24(26,27)28/h1,3-4,7-11H,2,5-6,12H2,(H,29,32). The first kappa shape index (κ1) is 23.9. The first-order valence-electron chi connectivity index (χ1n) is 10.6. The molecule has 2 heterocycles. The highest BCUT2D eigenvalue weighted by molar-refractivity contribution is 7.99. The first-order chi connectivity index (χ1) is 16.7. The third kappa shape index (κ3) is 4.82. The van der Waals surface area contributed by atoms with Gasteiger partial charge in [-0.3, -0.25) is 14.2 Å². The summed E-state index contributed by atoms with van der Waals surface area (Å²) in [5, 5.41) is 3.93. The van der Waals surface area contributed by atoms with Gasteiger partial charge < -0.3 is 5.32 Å². The van der Waals surface area contributed by atoms with Crippen LogP contribution in [0.15, 0.2) is 58.5 Å². The van der Waals surface area contributed by atoms with Crippen molar-refractivity contribution in [3.63, 3.8) is 0 Å². The van der Waals surface area contributed by atoms with E-state index in [9.17, 15) is 22.8 Å². The van der Waals surface area contributed by atoms with E-state index in [2.05, 4.69) is 5.32 Å². The van der Waals surface area contributed by atoms with Crippen molar-refractivity contribution in [3.8, 4) is 5.69 Å². The molecule has 0 saturated heterocycles. The Hall–Kier alpha value is -2.82. The van der Waals surface area contributed by atoms with E-state index in [1.807, 2.05) is 0 Å². The predicted molar refractivity (Wildman–Crippen MR) is 133 cm³/mol. The summed E-state index contributed by atoms with van der Waals surface area (Å²) in [6, 6.07) is 11.2. The normalized spacial score (nSPS) is 13.3. The van der Waals surface area contributed by atoms with E-state index in [0.717, 1.165) is 53.6 Å². The van der Waals surface area contributed by atoms with Crippen LogP contribution in [0, 0.1) is 0 Å². The van der Waals surface area contributed by atoms with Crippen LogP contribution in [0.4, 0.5) is 18.9 Å². The zero-order valence-electron chi connectivity index (χ0n) is 18.0. The molecular formula is C24H17ClF3N3O2S2. The molecule has 0 saturated carbocycles. The molecule has 35 heavy (non-hydrogen) atoms. The highest BCUT2D eigenvalue weighted by atomic mass is 35.5. The number of rotatable bonds is 5. The second kappa shape index (κ2) is 9.33. The summed E-state index contributed by atoms with van der Waals surface area (Å²) in [5.74, 6) is -0.660. The van der Waals surface area contributed by atoms with E-state index in [0.29, 0.717) is 26.1 Å². The SMILES string of the molecule is O=C(CSc1nc2sc3c(c2c(=O)n1-c1ccc(Cl)cc1)CCC3)Nc1cccc(C(F)(F)F)c1. The van der Waals surface area contributed by atoms with Gasteiger partial charge in [0.25, 0.3) is 5.56 Å². The number of fused-ring (bicyclic) bond motifs is 3. The van der Waals surface area contributed by atoms with Crippen LogP contribution in [0.3, 0.4) is 0 Å². The molecule has 2 aromatic carbocycles. The predicted octanol–water partition coefficient (Wildman–Crippen LogP) is 6.34. The fraction of sp³-hybridized carbons (Fsp3) is 0.208. The fourth-order valence-electron chi connectivity index (χ4n) is 4.04. The lowest BCUT2D eigenvalue weighted by Gasteiger charge is -2.13. The van der Waals surface area contributed by atoms with E-state index in [4.69, 9.17) is 16.6 Å². The topological polar surface area (TPSA) is 64.0 Å². The van der Waals surface area contributed by atoms with Gasteiger partial charge in [0.15, 0.2) is 5.16 Å². The summed E-state index contributed by atoms with van der Waals surface area (Å²) in [6.07, 6.45) is -1.76. The number of aryl methyl sites for hydroxylation is 2. The van der Waals surface area contributed by atoms with Gasteiger partial charge in [-0.2, -0.15) is 13.2 Å². The summed E-state index contributed by atoms with van der Waals surface area (Å²) in [5.41, 5.74) is 0.588. The number of anilines is 1. The van der Waals surface area contributed by atoms with Crippen LogP contribution in [0.1, 0.15) is 22.4 Å². The number of hydrogen-bond donors (Lipinski definition) is 1. The Balaban J connectivity index is 1.46.